The summed E-state index contributed by atoms with van der Waals surface area (Å²) in [6.07, 6.45) is 0.995. The highest BCUT2D eigenvalue weighted by Crippen LogP contribution is 2.10. The van der Waals surface area contributed by atoms with Gasteiger partial charge in [-0.15, -0.1) is 0 Å². The summed E-state index contributed by atoms with van der Waals surface area (Å²) in [5.41, 5.74) is 1.33. The van der Waals surface area contributed by atoms with Crippen molar-refractivity contribution in [2.75, 3.05) is 19.6 Å². The number of nitrogens with zero attached hydrogens (tertiary/aromatic N) is 2. The van der Waals surface area contributed by atoms with Crippen LogP contribution in [-0.4, -0.2) is 37.4 Å². The molecule has 1 saturated heterocycles. The van der Waals surface area contributed by atoms with Gasteiger partial charge in [-0.3, -0.25) is 5.01 Å². The Kier molecular flexibility index (Phi) is 3.35. The molecule has 0 saturated carbocycles. The van der Waals surface area contributed by atoms with Crippen molar-refractivity contribution in [2.45, 2.75) is 12.5 Å². The molecule has 2 rings (SSSR count). The Bertz CT molecular complexity index is 310. The van der Waals surface area contributed by atoms with Gasteiger partial charge in [0.05, 0.1) is 12.8 Å². The Hall–Kier alpha value is -1.35. The Labute approximate surface area is 90.8 Å². The molecule has 1 N–H and O–H groups in total. The molecule has 1 aliphatic rings. The average Bonchev–Trinajstić information content (AvgIpc) is 2.31. The molecule has 1 aliphatic heterocycles. The van der Waals surface area contributed by atoms with Gasteiger partial charge in [0.1, 0.15) is 0 Å². The first-order valence-corrected chi connectivity index (χ1v) is 5.32. The zero-order valence-corrected chi connectivity index (χ0v) is 8.76. The van der Waals surface area contributed by atoms with E-state index in [4.69, 9.17) is 6.72 Å². The predicted molar refractivity (Wildman–Crippen MR) is 62.0 cm³/mol. The zero-order chi connectivity index (χ0) is 10.5. The summed E-state index contributed by atoms with van der Waals surface area (Å²) in [5.74, 6) is 0. The van der Waals surface area contributed by atoms with Gasteiger partial charge in [-0.1, -0.05) is 30.3 Å². The van der Waals surface area contributed by atoms with Crippen molar-refractivity contribution in [3.05, 3.63) is 35.9 Å². The van der Waals surface area contributed by atoms with Crippen molar-refractivity contribution in [1.82, 2.24) is 10.3 Å². The number of piperazine rings is 1. The van der Waals surface area contributed by atoms with Crippen molar-refractivity contribution >= 4 is 6.72 Å². The number of hydrazone groups is 1. The van der Waals surface area contributed by atoms with Gasteiger partial charge in [-0.2, -0.15) is 5.10 Å². The van der Waals surface area contributed by atoms with Crippen LogP contribution in [0.5, 0.6) is 0 Å². The van der Waals surface area contributed by atoms with Crippen LogP contribution in [-0.2, 0) is 6.42 Å². The first kappa shape index (κ1) is 10.2. The van der Waals surface area contributed by atoms with Crippen molar-refractivity contribution in [1.29, 1.82) is 0 Å². The van der Waals surface area contributed by atoms with E-state index in [1.54, 1.807) is 0 Å². The fourth-order valence-corrected chi connectivity index (χ4v) is 1.97. The molecule has 79 valence electrons. The van der Waals surface area contributed by atoms with Crippen molar-refractivity contribution in [2.24, 2.45) is 5.10 Å². The molecule has 1 aromatic rings. The molecule has 1 fully saturated rings. The molecule has 0 amide bonds. The first-order valence-electron chi connectivity index (χ1n) is 5.32. The van der Waals surface area contributed by atoms with Crippen LogP contribution in [0.25, 0.3) is 0 Å². The van der Waals surface area contributed by atoms with Crippen LogP contribution in [0.4, 0.5) is 0 Å². The lowest BCUT2D eigenvalue weighted by atomic mass is 10.0. The van der Waals surface area contributed by atoms with Gasteiger partial charge in [-0.05, 0) is 12.0 Å². The van der Waals surface area contributed by atoms with Crippen LogP contribution in [0.15, 0.2) is 35.4 Å². The van der Waals surface area contributed by atoms with Gasteiger partial charge >= 0.3 is 0 Å². The molecular formula is C12H16N3. The lowest BCUT2D eigenvalue weighted by Crippen LogP contribution is -2.49. The number of hydrogen-bond acceptors (Lipinski definition) is 3. The molecule has 3 nitrogen and oxygen atoms in total. The van der Waals surface area contributed by atoms with Gasteiger partial charge in [0, 0.05) is 19.6 Å². The summed E-state index contributed by atoms with van der Waals surface area (Å²) < 4.78 is 0. The monoisotopic (exact) mass is 202 g/mol. The molecule has 0 aliphatic carbocycles. The van der Waals surface area contributed by atoms with Gasteiger partial charge in [-0.25, -0.2) is 0 Å². The SMILES string of the molecule is [CH]=NN1CCNCC1Cc1ccccc1. The molecule has 3 heteroatoms. The smallest absolute Gasteiger partial charge is 0.0671 e. The third-order valence-electron chi connectivity index (χ3n) is 2.78. The van der Waals surface area contributed by atoms with Gasteiger partial charge in [0.15, 0.2) is 0 Å². The molecule has 0 bridgehead atoms. The van der Waals surface area contributed by atoms with Crippen molar-refractivity contribution in [3.63, 3.8) is 0 Å². The van der Waals surface area contributed by atoms with E-state index in [0.29, 0.717) is 6.04 Å². The molecular weight excluding hydrogens is 186 g/mol. The largest absolute Gasteiger partial charge is 0.313 e. The molecule has 1 heterocycles. The van der Waals surface area contributed by atoms with Gasteiger partial charge < -0.3 is 5.32 Å². The van der Waals surface area contributed by atoms with E-state index in [1.807, 2.05) is 11.1 Å². The topological polar surface area (TPSA) is 27.6 Å². The summed E-state index contributed by atoms with van der Waals surface area (Å²) in [6, 6.07) is 10.8. The second-order valence-electron chi connectivity index (χ2n) is 3.83. The Morgan fingerprint density at radius 1 is 1.40 bits per heavy atom. The number of nitrogens with one attached hydrogen (secondary N) is 1. The van der Waals surface area contributed by atoms with Crippen LogP contribution in [0.3, 0.4) is 0 Å². The molecule has 0 spiro atoms. The van der Waals surface area contributed by atoms with Crippen molar-refractivity contribution < 1.29 is 0 Å². The minimum absolute atomic E-state index is 0.381. The minimum atomic E-state index is 0.381. The Morgan fingerprint density at radius 3 is 2.93 bits per heavy atom. The maximum absolute atomic E-state index is 5.37. The highest BCUT2D eigenvalue weighted by Gasteiger charge is 2.20. The highest BCUT2D eigenvalue weighted by atomic mass is 15.5. The van der Waals surface area contributed by atoms with Gasteiger partial charge in [0.2, 0.25) is 0 Å². The maximum atomic E-state index is 5.37. The summed E-state index contributed by atoms with van der Waals surface area (Å²) in [5, 5.41) is 9.16. The second kappa shape index (κ2) is 4.94. The van der Waals surface area contributed by atoms with Crippen LogP contribution in [0.2, 0.25) is 0 Å². The van der Waals surface area contributed by atoms with E-state index in [-0.39, 0.29) is 0 Å². The standard InChI is InChI=1S/C12H16N3/c1-13-15-8-7-14-10-12(15)9-11-5-3-2-4-6-11/h1-6,12,14H,7-10H2. The van der Waals surface area contributed by atoms with E-state index in [1.165, 1.54) is 5.56 Å². The van der Waals surface area contributed by atoms with Crippen LogP contribution in [0.1, 0.15) is 5.56 Å². The van der Waals surface area contributed by atoms with Crippen LogP contribution < -0.4 is 5.32 Å². The van der Waals surface area contributed by atoms with E-state index in [2.05, 4.69) is 34.7 Å². The summed E-state index contributed by atoms with van der Waals surface area (Å²) in [4.78, 5) is 0. The maximum Gasteiger partial charge on any atom is 0.0671 e. The summed E-state index contributed by atoms with van der Waals surface area (Å²) in [7, 11) is 0. The lowest BCUT2D eigenvalue weighted by molar-refractivity contribution is 0.169. The van der Waals surface area contributed by atoms with Crippen LogP contribution in [0, 0.1) is 0 Å². The first-order chi connectivity index (χ1) is 7.40. The summed E-state index contributed by atoms with van der Waals surface area (Å²) >= 11 is 0. The van der Waals surface area contributed by atoms with E-state index in [0.717, 1.165) is 26.1 Å². The van der Waals surface area contributed by atoms with Gasteiger partial charge in [0.25, 0.3) is 0 Å². The van der Waals surface area contributed by atoms with Crippen LogP contribution >= 0.6 is 0 Å². The summed E-state index contributed by atoms with van der Waals surface area (Å²) in [6.45, 7) is 8.19. The quantitative estimate of drug-likeness (QED) is 0.740. The molecule has 15 heavy (non-hydrogen) atoms. The number of benzene rings is 1. The molecule has 1 radical (unpaired) electrons. The molecule has 1 aromatic carbocycles. The lowest BCUT2D eigenvalue weighted by Gasteiger charge is -2.33. The fraction of sp³-hybridized carbons (Fsp3) is 0.417. The zero-order valence-electron chi connectivity index (χ0n) is 8.76. The third-order valence-corrected chi connectivity index (χ3v) is 2.78. The minimum Gasteiger partial charge on any atom is -0.313 e. The third kappa shape index (κ3) is 2.57. The molecule has 1 unspecified atom stereocenters. The number of hydrogen-bond donors (Lipinski definition) is 1. The Morgan fingerprint density at radius 2 is 2.20 bits per heavy atom. The van der Waals surface area contributed by atoms with E-state index in [9.17, 15) is 0 Å². The Balaban J connectivity index is 2.00. The molecule has 0 aromatic heterocycles. The second-order valence-corrected chi connectivity index (χ2v) is 3.83. The predicted octanol–water partition coefficient (Wildman–Crippen LogP) is 0.995. The highest BCUT2D eigenvalue weighted by molar-refractivity contribution is 5.23. The van der Waals surface area contributed by atoms with E-state index >= 15 is 0 Å². The van der Waals surface area contributed by atoms with Crippen molar-refractivity contribution in [3.8, 4) is 0 Å². The van der Waals surface area contributed by atoms with E-state index < -0.39 is 0 Å². The average molecular weight is 202 g/mol. The molecule has 1 atom stereocenters. The normalized spacial score (nSPS) is 21.3. The number of rotatable bonds is 3. The fourth-order valence-electron chi connectivity index (χ4n) is 1.97.